The average Bonchev–Trinajstić information content (AvgIpc) is 2.20. The first-order valence-electron chi connectivity index (χ1n) is 4.13. The van der Waals surface area contributed by atoms with Crippen molar-refractivity contribution in [3.05, 3.63) is 48.2 Å². The summed E-state index contributed by atoms with van der Waals surface area (Å²) >= 11 is 0. The summed E-state index contributed by atoms with van der Waals surface area (Å²) in [6.07, 6.45) is 1.67. The molecule has 1 heterocycles. The van der Waals surface area contributed by atoms with E-state index in [0.717, 1.165) is 16.8 Å². The van der Waals surface area contributed by atoms with Crippen molar-refractivity contribution in [3.8, 4) is 11.3 Å². The normalized spacial score (nSPS) is 9.21. The molecule has 0 aliphatic rings. The van der Waals surface area contributed by atoms with Crippen LogP contribution in [0.4, 0.5) is 0 Å². The van der Waals surface area contributed by atoms with E-state index in [-0.39, 0.29) is 32.7 Å². The second kappa shape index (κ2) is 5.33. The van der Waals surface area contributed by atoms with Crippen molar-refractivity contribution in [1.82, 2.24) is 10.2 Å². The third kappa shape index (κ3) is 2.69. The van der Waals surface area contributed by atoms with Gasteiger partial charge in [-0.15, -0.1) is 5.56 Å². The van der Waals surface area contributed by atoms with Gasteiger partial charge in [-0.05, 0) is 12.1 Å². The Balaban J connectivity index is 0.000000980. The van der Waals surface area contributed by atoms with Crippen LogP contribution in [0.15, 0.2) is 36.5 Å². The van der Waals surface area contributed by atoms with Gasteiger partial charge in [0.15, 0.2) is 0 Å². The van der Waals surface area contributed by atoms with Crippen LogP contribution in [0.25, 0.3) is 11.3 Å². The summed E-state index contributed by atoms with van der Waals surface area (Å²) in [7, 11) is 0. The molecule has 0 unspecified atom stereocenters. The zero-order chi connectivity index (χ0) is 9.10. The fourth-order valence-corrected chi connectivity index (χ4v) is 1.12. The molecule has 0 aliphatic heterocycles. The second-order valence-corrected chi connectivity index (χ2v) is 2.87. The molecule has 3 heteroatoms. The molecule has 0 atom stereocenters. The summed E-state index contributed by atoms with van der Waals surface area (Å²) in [6, 6.07) is 12.9. The van der Waals surface area contributed by atoms with Crippen LogP contribution >= 0.6 is 0 Å². The third-order valence-electron chi connectivity index (χ3n) is 1.84. The van der Waals surface area contributed by atoms with Crippen LogP contribution in [0.1, 0.15) is 5.56 Å². The van der Waals surface area contributed by atoms with E-state index in [1.165, 1.54) is 0 Å². The first-order valence-corrected chi connectivity index (χ1v) is 4.13. The Kier molecular flexibility index (Phi) is 4.37. The van der Waals surface area contributed by atoms with Gasteiger partial charge < -0.3 is 0 Å². The molecule has 1 radical (unpaired) electrons. The quantitative estimate of drug-likeness (QED) is 0.733. The number of nitrogens with zero attached hydrogens (tertiary/aromatic N) is 2. The van der Waals surface area contributed by atoms with Gasteiger partial charge in [0, 0.05) is 44.6 Å². The third-order valence-corrected chi connectivity index (χ3v) is 1.84. The van der Waals surface area contributed by atoms with Gasteiger partial charge in [0.05, 0.1) is 0 Å². The van der Waals surface area contributed by atoms with Crippen LogP contribution in [-0.2, 0) is 32.7 Å². The monoisotopic (exact) mass is 258 g/mol. The van der Waals surface area contributed by atoms with E-state index in [0.29, 0.717) is 0 Å². The maximum Gasteiger partial charge on any atom is 0.0495 e. The molecule has 0 amide bonds. The van der Waals surface area contributed by atoms with Crippen molar-refractivity contribution in [2.75, 3.05) is 0 Å². The van der Waals surface area contributed by atoms with Crippen LogP contribution < -0.4 is 0 Å². The van der Waals surface area contributed by atoms with Crippen molar-refractivity contribution in [2.45, 2.75) is 6.92 Å². The minimum atomic E-state index is 0. The zero-order valence-electron chi connectivity index (χ0n) is 7.94. The summed E-state index contributed by atoms with van der Waals surface area (Å²) in [5, 5.41) is 7.83. The SMILES string of the molecule is Cc1[c-]cc(-c2cccnn2)cc1.[Y]. The molecule has 2 rings (SSSR count). The van der Waals surface area contributed by atoms with E-state index in [4.69, 9.17) is 0 Å². The summed E-state index contributed by atoms with van der Waals surface area (Å²) in [5.41, 5.74) is 3.07. The fourth-order valence-electron chi connectivity index (χ4n) is 1.12. The predicted octanol–water partition coefficient (Wildman–Crippen LogP) is 2.25. The molecule has 2 nitrogen and oxygen atoms in total. The summed E-state index contributed by atoms with van der Waals surface area (Å²) in [5.74, 6) is 0. The minimum Gasteiger partial charge on any atom is -0.180 e. The van der Waals surface area contributed by atoms with Crippen LogP contribution in [-0.4, -0.2) is 10.2 Å². The van der Waals surface area contributed by atoms with Crippen molar-refractivity contribution >= 4 is 0 Å². The first kappa shape index (κ1) is 11.5. The molecule has 1 aromatic carbocycles. The molecule has 0 N–H and O–H groups in total. The summed E-state index contributed by atoms with van der Waals surface area (Å²) < 4.78 is 0. The Hall–Kier alpha value is -0.596. The Bertz CT molecular complexity index is 384. The Morgan fingerprint density at radius 3 is 2.64 bits per heavy atom. The van der Waals surface area contributed by atoms with Gasteiger partial charge in [-0.3, -0.25) is 0 Å². The summed E-state index contributed by atoms with van der Waals surface area (Å²) in [6.45, 7) is 2.01. The van der Waals surface area contributed by atoms with Crippen molar-refractivity contribution in [3.63, 3.8) is 0 Å². The van der Waals surface area contributed by atoms with Gasteiger partial charge in [0.1, 0.15) is 0 Å². The average molecular weight is 258 g/mol. The topological polar surface area (TPSA) is 25.8 Å². The largest absolute Gasteiger partial charge is 0.180 e. The number of aryl methyl sites for hydroxylation is 1. The molecule has 1 aromatic heterocycles. The van der Waals surface area contributed by atoms with Crippen molar-refractivity contribution in [1.29, 1.82) is 0 Å². The molecule has 2 aromatic rings. The van der Waals surface area contributed by atoms with Gasteiger partial charge in [-0.25, -0.2) is 0 Å². The number of hydrogen-bond acceptors (Lipinski definition) is 2. The second-order valence-electron chi connectivity index (χ2n) is 2.87. The Morgan fingerprint density at radius 2 is 2.07 bits per heavy atom. The molecule has 0 fully saturated rings. The van der Waals surface area contributed by atoms with Crippen LogP contribution in [0.3, 0.4) is 0 Å². The van der Waals surface area contributed by atoms with E-state index in [1.807, 2.05) is 37.3 Å². The standard InChI is InChI=1S/C11H9N2.Y/c1-9-4-6-10(7-5-9)11-3-2-8-12-13-11;/h2-4,6-8H,1H3;/q-1;. The fraction of sp³-hybridized carbons (Fsp3) is 0.0909. The van der Waals surface area contributed by atoms with E-state index >= 15 is 0 Å². The molecule has 0 saturated carbocycles. The van der Waals surface area contributed by atoms with Gasteiger partial charge in [-0.2, -0.15) is 40.0 Å². The molecular weight excluding hydrogens is 249 g/mol. The molecule has 67 valence electrons. The summed E-state index contributed by atoms with van der Waals surface area (Å²) in [4.78, 5) is 0. The maximum atomic E-state index is 4.01. The van der Waals surface area contributed by atoms with E-state index in [2.05, 4.69) is 16.3 Å². The number of hydrogen-bond donors (Lipinski definition) is 0. The van der Waals surface area contributed by atoms with Gasteiger partial charge in [-0.1, -0.05) is 6.92 Å². The van der Waals surface area contributed by atoms with Crippen molar-refractivity contribution in [2.24, 2.45) is 0 Å². The van der Waals surface area contributed by atoms with Crippen LogP contribution in [0, 0.1) is 13.0 Å². The predicted molar refractivity (Wildman–Crippen MR) is 51.0 cm³/mol. The van der Waals surface area contributed by atoms with E-state index < -0.39 is 0 Å². The number of rotatable bonds is 1. The number of benzene rings is 1. The smallest absolute Gasteiger partial charge is 0.0495 e. The van der Waals surface area contributed by atoms with Gasteiger partial charge >= 0.3 is 0 Å². The van der Waals surface area contributed by atoms with E-state index in [9.17, 15) is 0 Å². The molecule has 0 saturated heterocycles. The zero-order valence-corrected chi connectivity index (χ0v) is 10.8. The number of aromatic nitrogens is 2. The van der Waals surface area contributed by atoms with E-state index in [1.54, 1.807) is 6.20 Å². The van der Waals surface area contributed by atoms with Crippen LogP contribution in [0.2, 0.25) is 0 Å². The molecule has 0 bridgehead atoms. The minimum absolute atomic E-state index is 0. The molecule has 0 aliphatic carbocycles. The molecule has 14 heavy (non-hydrogen) atoms. The Morgan fingerprint density at radius 1 is 1.21 bits per heavy atom. The van der Waals surface area contributed by atoms with Crippen molar-refractivity contribution < 1.29 is 32.7 Å². The molecular formula is C11H9N2Y-. The Labute approximate surface area is 109 Å². The first-order chi connectivity index (χ1) is 6.36. The van der Waals surface area contributed by atoms with Gasteiger partial charge in [0.25, 0.3) is 0 Å². The van der Waals surface area contributed by atoms with Gasteiger partial charge in [0.2, 0.25) is 0 Å². The van der Waals surface area contributed by atoms with Crippen LogP contribution in [0.5, 0.6) is 0 Å². The maximum absolute atomic E-state index is 4.01. The molecule has 0 spiro atoms.